The molecule has 1 atom stereocenters. The number of carbonyl (C=O) groups excluding carboxylic acids is 2. The summed E-state index contributed by atoms with van der Waals surface area (Å²) in [5, 5.41) is 2.97. The molecule has 1 unspecified atom stereocenters. The number of hydrogen-bond donors (Lipinski definition) is 1. The zero-order chi connectivity index (χ0) is 23.0. The number of fused-ring (bicyclic) bond motifs is 1. The van der Waals surface area contributed by atoms with Gasteiger partial charge in [-0.05, 0) is 24.0 Å². The molecule has 2 aromatic carbocycles. The highest BCUT2D eigenvalue weighted by atomic mass is 16.2. The molecular weight excluding hydrogens is 412 g/mol. The summed E-state index contributed by atoms with van der Waals surface area (Å²) >= 11 is 0. The lowest BCUT2D eigenvalue weighted by Gasteiger charge is -2.36. The first-order valence-corrected chi connectivity index (χ1v) is 11.3. The molecule has 168 valence electrons. The first-order chi connectivity index (χ1) is 16.2. The summed E-state index contributed by atoms with van der Waals surface area (Å²) in [5.74, 6) is 3.16. The van der Waals surface area contributed by atoms with Gasteiger partial charge < -0.3 is 14.8 Å². The third-order valence-corrected chi connectivity index (χ3v) is 5.87. The van der Waals surface area contributed by atoms with Crippen molar-refractivity contribution >= 4 is 11.8 Å². The molecule has 1 aliphatic rings. The second-order valence-electron chi connectivity index (χ2n) is 8.13. The van der Waals surface area contributed by atoms with Crippen LogP contribution in [0.15, 0.2) is 66.9 Å². The number of rotatable bonds is 8. The molecule has 1 aliphatic heterocycles. The molecule has 2 heterocycles. The topological polar surface area (TPSA) is 67.2 Å². The van der Waals surface area contributed by atoms with E-state index < -0.39 is 0 Å². The zero-order valence-electron chi connectivity index (χ0n) is 18.6. The standard InChI is InChI=1S/C27H28N4O2/c1-2-3-6-15-24(32)31-19-18-30-20-23(27(33)28-17-16-21-11-7-4-8-12-21)29-26(30)25(31)22-13-9-5-10-14-22/h1,4-5,7-14,20,25H,3,6,15-19H2,(H,28,33). The predicted octanol–water partition coefficient (Wildman–Crippen LogP) is 3.59. The number of unbranched alkanes of at least 4 members (excludes halogenated alkanes) is 1. The Morgan fingerprint density at radius 1 is 1.06 bits per heavy atom. The maximum Gasteiger partial charge on any atom is 0.271 e. The molecule has 0 fully saturated rings. The third-order valence-electron chi connectivity index (χ3n) is 5.87. The lowest BCUT2D eigenvalue weighted by Crippen LogP contribution is -2.42. The van der Waals surface area contributed by atoms with Crippen LogP contribution in [0.3, 0.4) is 0 Å². The van der Waals surface area contributed by atoms with Crippen molar-refractivity contribution in [1.82, 2.24) is 19.8 Å². The van der Waals surface area contributed by atoms with E-state index in [2.05, 4.69) is 16.2 Å². The highest BCUT2D eigenvalue weighted by Crippen LogP contribution is 2.32. The van der Waals surface area contributed by atoms with E-state index >= 15 is 0 Å². The van der Waals surface area contributed by atoms with Crippen molar-refractivity contribution in [2.24, 2.45) is 0 Å². The number of amides is 2. The van der Waals surface area contributed by atoms with Crippen molar-refractivity contribution in [3.63, 3.8) is 0 Å². The number of hydrogen-bond acceptors (Lipinski definition) is 3. The van der Waals surface area contributed by atoms with Crippen LogP contribution in [0.25, 0.3) is 0 Å². The Balaban J connectivity index is 1.52. The lowest BCUT2D eigenvalue weighted by atomic mass is 10.0. The van der Waals surface area contributed by atoms with Crippen molar-refractivity contribution in [3.8, 4) is 12.3 Å². The number of aromatic nitrogens is 2. The van der Waals surface area contributed by atoms with Crippen molar-refractivity contribution in [2.45, 2.75) is 38.3 Å². The number of terminal acetylenes is 1. The molecule has 1 N–H and O–H groups in total. The molecule has 3 aromatic rings. The summed E-state index contributed by atoms with van der Waals surface area (Å²) in [6.07, 6.45) is 9.55. The summed E-state index contributed by atoms with van der Waals surface area (Å²) in [6, 6.07) is 19.6. The molecule has 6 heteroatoms. The van der Waals surface area contributed by atoms with Gasteiger partial charge in [0.2, 0.25) is 5.91 Å². The monoisotopic (exact) mass is 440 g/mol. The molecular formula is C27H28N4O2. The Morgan fingerprint density at radius 2 is 1.79 bits per heavy atom. The number of nitrogens with zero attached hydrogens (tertiary/aromatic N) is 3. The fraction of sp³-hybridized carbons (Fsp3) is 0.296. The van der Waals surface area contributed by atoms with Crippen LogP contribution in [0.4, 0.5) is 0 Å². The Morgan fingerprint density at radius 3 is 2.52 bits per heavy atom. The van der Waals surface area contributed by atoms with Gasteiger partial charge in [0.05, 0.1) is 0 Å². The summed E-state index contributed by atoms with van der Waals surface area (Å²) in [7, 11) is 0. The van der Waals surface area contributed by atoms with Gasteiger partial charge in [-0.3, -0.25) is 9.59 Å². The van der Waals surface area contributed by atoms with E-state index in [0.29, 0.717) is 50.4 Å². The number of carbonyl (C=O) groups is 2. The molecule has 2 amide bonds. The fourth-order valence-electron chi connectivity index (χ4n) is 4.19. The van der Waals surface area contributed by atoms with Gasteiger partial charge in [0.15, 0.2) is 0 Å². The van der Waals surface area contributed by atoms with Crippen molar-refractivity contribution in [3.05, 3.63) is 89.5 Å². The van der Waals surface area contributed by atoms with Gasteiger partial charge in [0.25, 0.3) is 5.91 Å². The Kier molecular flexibility index (Phi) is 7.21. The van der Waals surface area contributed by atoms with Gasteiger partial charge in [0, 0.05) is 38.7 Å². The lowest BCUT2D eigenvalue weighted by molar-refractivity contribution is -0.134. The molecule has 0 aliphatic carbocycles. The van der Waals surface area contributed by atoms with Crippen LogP contribution in [0, 0.1) is 12.3 Å². The highest BCUT2D eigenvalue weighted by molar-refractivity contribution is 5.92. The minimum absolute atomic E-state index is 0.0576. The summed E-state index contributed by atoms with van der Waals surface area (Å²) < 4.78 is 2.00. The minimum atomic E-state index is -0.329. The van der Waals surface area contributed by atoms with Crippen LogP contribution in [-0.2, 0) is 17.8 Å². The SMILES string of the molecule is C#CCCCC(=O)N1CCn2cc(C(=O)NCCc3ccccc3)nc2C1c1ccccc1. The van der Waals surface area contributed by atoms with E-state index in [9.17, 15) is 9.59 Å². The molecule has 1 aromatic heterocycles. The van der Waals surface area contributed by atoms with Crippen molar-refractivity contribution < 1.29 is 9.59 Å². The molecule has 6 nitrogen and oxygen atoms in total. The van der Waals surface area contributed by atoms with E-state index in [-0.39, 0.29) is 17.9 Å². The van der Waals surface area contributed by atoms with Crippen molar-refractivity contribution in [2.75, 3.05) is 13.1 Å². The number of imidazole rings is 1. The van der Waals surface area contributed by atoms with Crippen LogP contribution < -0.4 is 5.32 Å². The van der Waals surface area contributed by atoms with Gasteiger partial charge in [-0.1, -0.05) is 60.7 Å². The van der Waals surface area contributed by atoms with Gasteiger partial charge in [-0.2, -0.15) is 0 Å². The molecule has 0 bridgehead atoms. The van der Waals surface area contributed by atoms with Gasteiger partial charge in [0.1, 0.15) is 17.6 Å². The van der Waals surface area contributed by atoms with Gasteiger partial charge >= 0.3 is 0 Å². The minimum Gasteiger partial charge on any atom is -0.350 e. The Bertz CT molecular complexity index is 1130. The Hall–Kier alpha value is -3.85. The number of benzene rings is 2. The zero-order valence-corrected chi connectivity index (χ0v) is 18.6. The normalized spacial score (nSPS) is 14.9. The van der Waals surface area contributed by atoms with Crippen LogP contribution in [-0.4, -0.2) is 39.4 Å². The van der Waals surface area contributed by atoms with Crippen LogP contribution in [0.1, 0.15) is 52.7 Å². The molecule has 4 rings (SSSR count). The van der Waals surface area contributed by atoms with E-state index in [1.807, 2.05) is 70.1 Å². The molecule has 33 heavy (non-hydrogen) atoms. The largest absolute Gasteiger partial charge is 0.350 e. The highest BCUT2D eigenvalue weighted by Gasteiger charge is 2.34. The van der Waals surface area contributed by atoms with Crippen LogP contribution in [0.5, 0.6) is 0 Å². The second-order valence-corrected chi connectivity index (χ2v) is 8.13. The number of nitrogens with one attached hydrogen (secondary N) is 1. The second kappa shape index (κ2) is 10.6. The smallest absolute Gasteiger partial charge is 0.271 e. The Labute approximate surface area is 194 Å². The quantitative estimate of drug-likeness (QED) is 0.430. The fourth-order valence-corrected chi connectivity index (χ4v) is 4.19. The van der Waals surface area contributed by atoms with E-state index in [0.717, 1.165) is 12.0 Å². The summed E-state index contributed by atoms with van der Waals surface area (Å²) in [6.45, 7) is 1.70. The van der Waals surface area contributed by atoms with E-state index in [1.54, 1.807) is 6.20 Å². The maximum absolute atomic E-state index is 13.0. The summed E-state index contributed by atoms with van der Waals surface area (Å²) in [5.41, 5.74) is 2.52. The van der Waals surface area contributed by atoms with Gasteiger partial charge in [-0.25, -0.2) is 4.98 Å². The predicted molar refractivity (Wildman–Crippen MR) is 127 cm³/mol. The average molecular weight is 441 g/mol. The van der Waals surface area contributed by atoms with Crippen molar-refractivity contribution in [1.29, 1.82) is 0 Å². The van der Waals surface area contributed by atoms with Gasteiger partial charge in [-0.15, -0.1) is 12.3 Å². The first-order valence-electron chi connectivity index (χ1n) is 11.3. The molecule has 0 spiro atoms. The van der Waals surface area contributed by atoms with Crippen LogP contribution in [0.2, 0.25) is 0 Å². The average Bonchev–Trinajstić information content (AvgIpc) is 3.29. The third kappa shape index (κ3) is 5.32. The van der Waals surface area contributed by atoms with E-state index in [1.165, 1.54) is 5.56 Å². The first kappa shape index (κ1) is 22.3. The molecule has 0 radical (unpaired) electrons. The maximum atomic E-state index is 13.0. The molecule has 0 saturated carbocycles. The summed E-state index contributed by atoms with van der Waals surface area (Å²) in [4.78, 5) is 32.4. The van der Waals surface area contributed by atoms with Crippen LogP contribution >= 0.6 is 0 Å². The molecule has 0 saturated heterocycles. The van der Waals surface area contributed by atoms with E-state index in [4.69, 9.17) is 6.42 Å².